The second kappa shape index (κ2) is 8.32. The molecule has 0 saturated carbocycles. The Balaban J connectivity index is 0.00000225. The van der Waals surface area contributed by atoms with Gasteiger partial charge in [-0.1, -0.05) is 38.1 Å². The number of fused-ring (bicyclic) bond motifs is 1. The van der Waals surface area contributed by atoms with Gasteiger partial charge in [-0.15, -0.1) is 12.4 Å². The minimum atomic E-state index is -0.764. The summed E-state index contributed by atoms with van der Waals surface area (Å²) in [6, 6.07) is 14.0. The van der Waals surface area contributed by atoms with Crippen molar-refractivity contribution < 1.29 is 14.2 Å². The summed E-state index contributed by atoms with van der Waals surface area (Å²) in [4.78, 5) is 4.65. The third-order valence-corrected chi connectivity index (χ3v) is 3.86. The molecule has 1 heterocycles. The number of aliphatic hydroxyl groups excluding tert-OH is 1. The van der Waals surface area contributed by atoms with Gasteiger partial charge >= 0.3 is 0 Å². The molecule has 3 rings (SSSR count). The van der Waals surface area contributed by atoms with E-state index in [-0.39, 0.29) is 30.7 Å². The summed E-state index contributed by atoms with van der Waals surface area (Å²) >= 11 is 0. The number of aromatic nitrogens is 2. The van der Waals surface area contributed by atoms with Gasteiger partial charge in [0, 0.05) is 5.92 Å². The maximum Gasteiger partial charge on any atom is 0.165 e. The van der Waals surface area contributed by atoms with Crippen molar-refractivity contribution in [1.82, 2.24) is 9.55 Å². The van der Waals surface area contributed by atoms with Crippen molar-refractivity contribution in [2.75, 3.05) is 6.61 Å². The minimum absolute atomic E-state index is 0. The number of hydrogen-bond donors (Lipinski definition) is 1. The predicted octanol–water partition coefficient (Wildman–Crippen LogP) is 4.16. The molecule has 4 nitrogen and oxygen atoms in total. The van der Waals surface area contributed by atoms with Gasteiger partial charge in [0.05, 0.1) is 17.6 Å². The molecule has 0 radical (unpaired) electrons. The fourth-order valence-electron chi connectivity index (χ4n) is 2.74. The van der Waals surface area contributed by atoms with Crippen molar-refractivity contribution in [2.45, 2.75) is 32.4 Å². The van der Waals surface area contributed by atoms with Crippen LogP contribution in [0.15, 0.2) is 48.5 Å². The Bertz CT molecular complexity index is 835. The van der Waals surface area contributed by atoms with Gasteiger partial charge in [-0.05, 0) is 24.3 Å². The zero-order chi connectivity index (χ0) is 17.1. The van der Waals surface area contributed by atoms with Crippen LogP contribution in [0.1, 0.15) is 25.6 Å². The van der Waals surface area contributed by atoms with E-state index in [0.717, 1.165) is 16.9 Å². The Labute approximate surface area is 152 Å². The molecule has 0 saturated heterocycles. The van der Waals surface area contributed by atoms with Crippen molar-refractivity contribution in [1.29, 1.82) is 0 Å². The van der Waals surface area contributed by atoms with Crippen LogP contribution in [0.3, 0.4) is 0 Å². The Morgan fingerprint density at radius 3 is 2.52 bits per heavy atom. The van der Waals surface area contributed by atoms with Gasteiger partial charge in [-0.2, -0.15) is 0 Å². The Morgan fingerprint density at radius 2 is 1.80 bits per heavy atom. The molecule has 134 valence electrons. The van der Waals surface area contributed by atoms with Crippen LogP contribution in [0.5, 0.6) is 5.75 Å². The number of para-hydroxylation sites is 3. The van der Waals surface area contributed by atoms with Crippen molar-refractivity contribution in [3.63, 3.8) is 0 Å². The van der Waals surface area contributed by atoms with E-state index in [1.54, 1.807) is 18.2 Å². The highest BCUT2D eigenvalue weighted by atomic mass is 35.5. The van der Waals surface area contributed by atoms with E-state index in [4.69, 9.17) is 4.74 Å². The number of hydrogen-bond acceptors (Lipinski definition) is 3. The first-order valence-electron chi connectivity index (χ1n) is 8.07. The first-order chi connectivity index (χ1) is 11.6. The van der Waals surface area contributed by atoms with Crippen LogP contribution in [0, 0.1) is 5.82 Å². The number of benzene rings is 2. The molecule has 0 aliphatic heterocycles. The van der Waals surface area contributed by atoms with E-state index < -0.39 is 11.9 Å². The summed E-state index contributed by atoms with van der Waals surface area (Å²) < 4.78 is 21.0. The number of aliphatic hydroxyl groups is 1. The van der Waals surface area contributed by atoms with Crippen molar-refractivity contribution in [3.8, 4) is 5.75 Å². The fourth-order valence-corrected chi connectivity index (χ4v) is 2.74. The minimum Gasteiger partial charge on any atom is -0.488 e. The lowest BCUT2D eigenvalue weighted by atomic mass is 10.2. The highest BCUT2D eigenvalue weighted by Gasteiger charge is 2.17. The highest BCUT2D eigenvalue weighted by molar-refractivity contribution is 5.85. The summed E-state index contributed by atoms with van der Waals surface area (Å²) in [5.74, 6) is 0.870. The molecule has 0 aliphatic rings. The third-order valence-electron chi connectivity index (χ3n) is 3.86. The molecule has 0 fully saturated rings. The van der Waals surface area contributed by atoms with E-state index in [9.17, 15) is 9.50 Å². The topological polar surface area (TPSA) is 47.3 Å². The summed E-state index contributed by atoms with van der Waals surface area (Å²) in [5.41, 5.74) is 1.88. The molecule has 1 atom stereocenters. The van der Waals surface area contributed by atoms with Gasteiger partial charge < -0.3 is 14.4 Å². The first-order valence-corrected chi connectivity index (χ1v) is 8.07. The number of rotatable bonds is 6. The van der Waals surface area contributed by atoms with E-state index in [0.29, 0.717) is 6.54 Å². The molecule has 1 aromatic heterocycles. The van der Waals surface area contributed by atoms with Gasteiger partial charge in [0.25, 0.3) is 0 Å². The van der Waals surface area contributed by atoms with Gasteiger partial charge in [-0.3, -0.25) is 0 Å². The third kappa shape index (κ3) is 4.30. The number of nitrogens with zero attached hydrogens (tertiary/aromatic N) is 2. The van der Waals surface area contributed by atoms with Crippen molar-refractivity contribution in [2.24, 2.45) is 0 Å². The summed E-state index contributed by atoms with van der Waals surface area (Å²) in [5, 5.41) is 10.3. The van der Waals surface area contributed by atoms with Crippen LogP contribution < -0.4 is 4.74 Å². The van der Waals surface area contributed by atoms with Gasteiger partial charge in [0.15, 0.2) is 11.6 Å². The number of ether oxygens (including phenoxy) is 1. The second-order valence-electron chi connectivity index (χ2n) is 6.12. The largest absolute Gasteiger partial charge is 0.488 e. The summed E-state index contributed by atoms with van der Waals surface area (Å²) in [6.45, 7) is 4.51. The quantitative estimate of drug-likeness (QED) is 0.714. The van der Waals surface area contributed by atoms with Crippen LogP contribution in [0.25, 0.3) is 11.0 Å². The number of halogens is 2. The van der Waals surface area contributed by atoms with Crippen molar-refractivity contribution in [3.05, 3.63) is 60.2 Å². The second-order valence-corrected chi connectivity index (χ2v) is 6.12. The smallest absolute Gasteiger partial charge is 0.165 e. The molecule has 0 bridgehead atoms. The maximum atomic E-state index is 13.6. The highest BCUT2D eigenvalue weighted by Crippen LogP contribution is 2.22. The summed E-state index contributed by atoms with van der Waals surface area (Å²) in [6.07, 6.45) is -0.764. The zero-order valence-electron chi connectivity index (χ0n) is 14.2. The monoisotopic (exact) mass is 364 g/mol. The predicted molar refractivity (Wildman–Crippen MR) is 99.0 cm³/mol. The summed E-state index contributed by atoms with van der Waals surface area (Å²) in [7, 11) is 0. The Kier molecular flexibility index (Phi) is 6.39. The van der Waals surface area contributed by atoms with E-state index in [1.807, 2.05) is 28.8 Å². The van der Waals surface area contributed by atoms with E-state index in [1.165, 1.54) is 6.07 Å². The molecule has 0 amide bonds. The zero-order valence-corrected chi connectivity index (χ0v) is 15.0. The lowest BCUT2D eigenvalue weighted by molar-refractivity contribution is 0.0905. The fraction of sp³-hybridized carbons (Fsp3) is 0.316. The standard InChI is InChI=1S/C19H21FN2O2.ClH/c1-13(2)19-21-16-8-4-5-9-17(16)22(19)11-14(23)12-24-18-10-6-3-7-15(18)20;/h3-10,13-14,23H,11-12H2,1-2H3;1H. The van der Waals surface area contributed by atoms with Crippen LogP contribution in [0.2, 0.25) is 0 Å². The van der Waals surface area contributed by atoms with Crippen LogP contribution in [-0.2, 0) is 6.54 Å². The molecule has 25 heavy (non-hydrogen) atoms. The van der Waals surface area contributed by atoms with Crippen LogP contribution >= 0.6 is 12.4 Å². The van der Waals surface area contributed by atoms with E-state index in [2.05, 4.69) is 18.8 Å². The molecule has 1 N–H and O–H groups in total. The molecule has 1 unspecified atom stereocenters. The Morgan fingerprint density at radius 1 is 1.12 bits per heavy atom. The molecular weight excluding hydrogens is 343 g/mol. The molecule has 0 aliphatic carbocycles. The normalized spacial score (nSPS) is 12.2. The van der Waals surface area contributed by atoms with Gasteiger partial charge in [0.2, 0.25) is 0 Å². The van der Waals surface area contributed by atoms with Crippen LogP contribution in [0.4, 0.5) is 4.39 Å². The van der Waals surface area contributed by atoms with Crippen LogP contribution in [-0.4, -0.2) is 27.4 Å². The molecular formula is C19H22ClFN2O2. The van der Waals surface area contributed by atoms with Crippen molar-refractivity contribution >= 4 is 23.4 Å². The Hall–Kier alpha value is -2.11. The van der Waals surface area contributed by atoms with E-state index >= 15 is 0 Å². The lowest BCUT2D eigenvalue weighted by Crippen LogP contribution is -2.25. The molecule has 6 heteroatoms. The number of imidazole rings is 1. The first kappa shape index (κ1) is 19.2. The molecule has 2 aromatic carbocycles. The maximum absolute atomic E-state index is 13.6. The molecule has 0 spiro atoms. The average molecular weight is 365 g/mol. The van der Waals surface area contributed by atoms with Gasteiger partial charge in [-0.25, -0.2) is 9.37 Å². The lowest BCUT2D eigenvalue weighted by Gasteiger charge is -2.17. The average Bonchev–Trinajstić information content (AvgIpc) is 2.93. The molecule has 3 aromatic rings. The van der Waals surface area contributed by atoms with Gasteiger partial charge in [0.1, 0.15) is 18.5 Å². The SMILES string of the molecule is CC(C)c1nc2ccccc2n1CC(O)COc1ccccc1F.Cl.